The molecule has 5 aromatic rings. The van der Waals surface area contributed by atoms with Gasteiger partial charge in [-0.25, -0.2) is 14.4 Å². The Morgan fingerprint density at radius 3 is 2.42 bits per heavy atom. The highest BCUT2D eigenvalue weighted by atomic mass is 32.1. The molecule has 1 saturated carbocycles. The van der Waals surface area contributed by atoms with Gasteiger partial charge in [0, 0.05) is 24.2 Å². The molecule has 3 heterocycles. The second-order valence-corrected chi connectivity index (χ2v) is 11.0. The van der Waals surface area contributed by atoms with E-state index >= 15 is 0 Å². The number of aromatic nitrogens is 4. The molecule has 1 aliphatic carbocycles. The van der Waals surface area contributed by atoms with Crippen LogP contribution in [0.3, 0.4) is 0 Å². The van der Waals surface area contributed by atoms with Crippen LogP contribution in [-0.4, -0.2) is 25.2 Å². The zero-order valence-corrected chi connectivity index (χ0v) is 23.6. The molecule has 6 rings (SSSR count). The average molecular weight is 549 g/mol. The van der Waals surface area contributed by atoms with Gasteiger partial charge in [0.05, 0.1) is 29.0 Å². The Morgan fingerprint density at radius 1 is 0.950 bits per heavy atom. The zero-order valence-electron chi connectivity index (χ0n) is 22.8. The fourth-order valence-electron chi connectivity index (χ4n) is 5.40. The first-order valence-corrected chi connectivity index (χ1v) is 14.6. The number of benzene rings is 2. The maximum atomic E-state index is 13.6. The van der Waals surface area contributed by atoms with Crippen LogP contribution in [0, 0.1) is 6.92 Å². The predicted molar refractivity (Wildman–Crippen MR) is 162 cm³/mol. The molecule has 3 aromatic heterocycles. The summed E-state index contributed by atoms with van der Waals surface area (Å²) in [6.45, 7) is 1.92. The van der Waals surface area contributed by atoms with Gasteiger partial charge in [-0.1, -0.05) is 67.8 Å². The minimum Gasteiger partial charge on any atom is -0.283 e. The topological polar surface area (TPSA) is 69.5 Å². The molecule has 2 aromatic carbocycles. The Bertz CT molecular complexity index is 1750. The molecular formula is C32H32N6OS. The molecule has 0 N–H and O–H groups in total. The van der Waals surface area contributed by atoms with E-state index in [4.69, 9.17) is 10.1 Å². The van der Waals surface area contributed by atoms with E-state index in [0.29, 0.717) is 16.4 Å². The first-order chi connectivity index (χ1) is 19.6. The molecule has 0 unspecified atom stereocenters. The van der Waals surface area contributed by atoms with Gasteiger partial charge in [-0.3, -0.25) is 14.5 Å². The number of para-hydroxylation sites is 1. The van der Waals surface area contributed by atoms with Crippen LogP contribution in [0.25, 0.3) is 16.9 Å². The summed E-state index contributed by atoms with van der Waals surface area (Å²) < 4.78 is 5.30. The van der Waals surface area contributed by atoms with Crippen molar-refractivity contribution in [3.63, 3.8) is 0 Å². The van der Waals surface area contributed by atoms with Crippen LogP contribution in [0.1, 0.15) is 55.0 Å². The van der Waals surface area contributed by atoms with Gasteiger partial charge in [0.25, 0.3) is 5.56 Å². The van der Waals surface area contributed by atoms with Crippen molar-refractivity contribution in [2.24, 2.45) is 17.1 Å². The second-order valence-electron chi connectivity index (χ2n) is 10.2. The van der Waals surface area contributed by atoms with Crippen LogP contribution < -0.4 is 10.4 Å². The number of thiazole rings is 1. The van der Waals surface area contributed by atoms with Gasteiger partial charge in [0.1, 0.15) is 0 Å². The van der Waals surface area contributed by atoms with Crippen molar-refractivity contribution in [2.45, 2.75) is 44.9 Å². The highest BCUT2D eigenvalue weighted by Gasteiger charge is 2.18. The van der Waals surface area contributed by atoms with Crippen LogP contribution in [0.2, 0.25) is 0 Å². The Kier molecular flexibility index (Phi) is 7.42. The molecule has 1 aliphatic rings. The average Bonchev–Trinajstić information content (AvgIpc) is 3.51. The number of hydrogen-bond donors (Lipinski definition) is 0. The lowest BCUT2D eigenvalue weighted by atomic mass is 9.84. The molecule has 0 amide bonds. The smallest absolute Gasteiger partial charge is 0.283 e. The summed E-state index contributed by atoms with van der Waals surface area (Å²) in [5, 5.41) is 6.85. The summed E-state index contributed by atoms with van der Waals surface area (Å²) in [6.07, 6.45) is 9.99. The number of nitrogens with zero attached hydrogens (tertiary/aromatic N) is 6. The fourth-order valence-corrected chi connectivity index (χ4v) is 6.24. The van der Waals surface area contributed by atoms with Gasteiger partial charge in [0.2, 0.25) is 4.80 Å². The molecule has 8 heteroatoms. The van der Waals surface area contributed by atoms with Gasteiger partial charge in [-0.05, 0) is 55.5 Å². The lowest BCUT2D eigenvalue weighted by Gasteiger charge is -2.22. The van der Waals surface area contributed by atoms with Crippen molar-refractivity contribution in [3.05, 3.63) is 116 Å². The molecule has 0 atom stereocenters. The van der Waals surface area contributed by atoms with Gasteiger partial charge in [0.15, 0.2) is 5.69 Å². The molecule has 0 bridgehead atoms. The summed E-state index contributed by atoms with van der Waals surface area (Å²) in [7, 11) is 1.88. The van der Waals surface area contributed by atoms with E-state index in [1.165, 1.54) is 49.0 Å². The number of rotatable bonds is 6. The monoisotopic (exact) mass is 548 g/mol. The minimum atomic E-state index is -0.168. The molecule has 7 nitrogen and oxygen atoms in total. The van der Waals surface area contributed by atoms with Crippen LogP contribution in [-0.2, 0) is 7.05 Å². The van der Waals surface area contributed by atoms with Crippen molar-refractivity contribution < 1.29 is 0 Å². The van der Waals surface area contributed by atoms with E-state index in [1.807, 2.05) is 71.9 Å². The molecule has 0 aliphatic heterocycles. The lowest BCUT2D eigenvalue weighted by molar-refractivity contribution is 0.443. The Hall–Kier alpha value is -4.30. The van der Waals surface area contributed by atoms with Gasteiger partial charge >= 0.3 is 0 Å². The number of pyridine rings is 1. The summed E-state index contributed by atoms with van der Waals surface area (Å²) in [6, 6.07) is 24.2. The molecular weight excluding hydrogens is 516 g/mol. The highest BCUT2D eigenvalue weighted by Crippen LogP contribution is 2.33. The van der Waals surface area contributed by atoms with Gasteiger partial charge in [-0.15, -0.1) is 11.3 Å². The molecule has 40 heavy (non-hydrogen) atoms. The second kappa shape index (κ2) is 11.4. The van der Waals surface area contributed by atoms with Crippen LogP contribution in [0.5, 0.6) is 0 Å². The Morgan fingerprint density at radius 2 is 1.70 bits per heavy atom. The first kappa shape index (κ1) is 26.0. The van der Waals surface area contributed by atoms with E-state index < -0.39 is 0 Å². The van der Waals surface area contributed by atoms with Crippen molar-refractivity contribution in [3.8, 4) is 16.9 Å². The van der Waals surface area contributed by atoms with Crippen molar-refractivity contribution in [1.82, 2.24) is 19.0 Å². The van der Waals surface area contributed by atoms with E-state index in [9.17, 15) is 4.79 Å². The minimum absolute atomic E-state index is 0.168. The summed E-state index contributed by atoms with van der Waals surface area (Å²) in [4.78, 5) is 23.5. The Balaban J connectivity index is 1.45. The summed E-state index contributed by atoms with van der Waals surface area (Å²) >= 11 is 1.47. The van der Waals surface area contributed by atoms with E-state index in [2.05, 4.69) is 34.6 Å². The third-order valence-corrected chi connectivity index (χ3v) is 8.51. The normalized spacial score (nSPS) is 14.8. The zero-order chi connectivity index (χ0) is 27.5. The summed E-state index contributed by atoms with van der Waals surface area (Å²) in [5.74, 6) is 0.651. The van der Waals surface area contributed by atoms with Crippen LogP contribution >= 0.6 is 11.3 Å². The van der Waals surface area contributed by atoms with E-state index in [0.717, 1.165) is 28.3 Å². The van der Waals surface area contributed by atoms with Crippen molar-refractivity contribution in [2.75, 3.05) is 0 Å². The van der Waals surface area contributed by atoms with Gasteiger partial charge in [-0.2, -0.15) is 5.10 Å². The summed E-state index contributed by atoms with van der Waals surface area (Å²) in [5.41, 5.74) is 5.94. The predicted octanol–water partition coefficient (Wildman–Crippen LogP) is 6.57. The highest BCUT2D eigenvalue weighted by molar-refractivity contribution is 7.07. The van der Waals surface area contributed by atoms with Gasteiger partial charge < -0.3 is 0 Å². The largest absolute Gasteiger partial charge is 0.297 e. The fraction of sp³-hybridized carbons (Fsp3) is 0.250. The molecule has 0 saturated heterocycles. The molecule has 1 fully saturated rings. The SMILES string of the molecule is Cc1c(N=c2scc(-c3ccc(C4CCCCC4)cc3)n2N=Cc2ccccn2)c(=O)n(-c2ccccc2)n1C. The van der Waals surface area contributed by atoms with Crippen molar-refractivity contribution in [1.29, 1.82) is 0 Å². The molecule has 202 valence electrons. The van der Waals surface area contributed by atoms with E-state index in [-0.39, 0.29) is 5.56 Å². The first-order valence-electron chi connectivity index (χ1n) is 13.7. The van der Waals surface area contributed by atoms with Crippen LogP contribution in [0.15, 0.2) is 99.3 Å². The standard InChI is InChI=1S/C32H32N6OS/c1-23-30(31(39)38(36(23)2)28-14-7-4-8-15-28)35-32-37(34-21-27-13-9-10-20-33-27)29(22-40-32)26-18-16-25(17-19-26)24-11-5-3-6-12-24/h4,7-10,13-22,24H,3,5-6,11-12H2,1-2H3. The maximum absolute atomic E-state index is 13.6. The van der Waals surface area contributed by atoms with E-state index in [1.54, 1.807) is 17.1 Å². The maximum Gasteiger partial charge on any atom is 0.297 e. The third kappa shape index (κ3) is 5.14. The quantitative estimate of drug-likeness (QED) is 0.225. The van der Waals surface area contributed by atoms with Crippen molar-refractivity contribution >= 4 is 23.2 Å². The van der Waals surface area contributed by atoms with Crippen LogP contribution in [0.4, 0.5) is 5.69 Å². The molecule has 0 radical (unpaired) electrons. The Labute approximate surface area is 237 Å². The lowest BCUT2D eigenvalue weighted by Crippen LogP contribution is -2.19. The number of hydrogen-bond acceptors (Lipinski definition) is 5. The third-order valence-electron chi connectivity index (χ3n) is 7.69. The molecule has 0 spiro atoms.